The van der Waals surface area contributed by atoms with Crippen molar-refractivity contribution in [1.82, 2.24) is 5.32 Å². The monoisotopic (exact) mass is 333 g/mol. The van der Waals surface area contributed by atoms with E-state index in [2.05, 4.69) is 41.7 Å². The molecule has 0 radical (unpaired) electrons. The van der Waals surface area contributed by atoms with E-state index in [1.54, 1.807) is 11.1 Å². The molecule has 2 aromatic rings. The Balaban J connectivity index is 1.32. The zero-order valence-electron chi connectivity index (χ0n) is 14.8. The van der Waals surface area contributed by atoms with E-state index >= 15 is 0 Å². The Hall–Kier alpha value is -1.38. The summed E-state index contributed by atoms with van der Waals surface area (Å²) in [6.07, 6.45) is 9.38. The average molecular weight is 333 g/mol. The maximum Gasteiger partial charge on any atom is 0.0737 e. The normalized spacial score (nSPS) is 39.4. The van der Waals surface area contributed by atoms with Crippen LogP contribution in [-0.2, 0) is 11.2 Å². The molecule has 2 aromatic carbocycles. The Kier molecular flexibility index (Phi) is 3.13. The van der Waals surface area contributed by atoms with Crippen LogP contribution in [0.15, 0.2) is 36.4 Å². The van der Waals surface area contributed by atoms with Crippen molar-refractivity contribution in [3.05, 3.63) is 47.5 Å². The number of benzene rings is 2. The minimum Gasteiger partial charge on any atom is -0.370 e. The summed E-state index contributed by atoms with van der Waals surface area (Å²) in [6, 6.07) is 14.3. The number of hydrogen-bond acceptors (Lipinski definition) is 2. The molecule has 25 heavy (non-hydrogen) atoms. The third-order valence-corrected chi connectivity index (χ3v) is 7.57. The summed E-state index contributed by atoms with van der Waals surface area (Å²) in [5, 5.41) is 6.62. The second kappa shape index (κ2) is 5.31. The van der Waals surface area contributed by atoms with E-state index in [4.69, 9.17) is 4.74 Å². The third-order valence-electron chi connectivity index (χ3n) is 7.57. The maximum atomic E-state index is 6.73. The number of ether oxygens (including phenoxy) is 1. The molecule has 0 amide bonds. The molecule has 5 atom stereocenters. The second-order valence-electron chi connectivity index (χ2n) is 8.91. The highest BCUT2D eigenvalue weighted by atomic mass is 16.5. The molecule has 4 aliphatic rings. The standard InChI is InChI=1S/C23H27NO/c1-2-5-17-15(4-1)7-8-19-18-9-10-23(13-16(18)12-20(17)19)14-21-22(25-23)6-3-11-24-21/h1-2,4-5,7-8,16,18,21-22,24H,3,6,9-14H2. The van der Waals surface area contributed by atoms with Crippen LogP contribution in [0.5, 0.6) is 0 Å². The zero-order valence-corrected chi connectivity index (χ0v) is 14.8. The summed E-state index contributed by atoms with van der Waals surface area (Å²) in [6.45, 7) is 1.18. The summed E-state index contributed by atoms with van der Waals surface area (Å²) in [7, 11) is 0. The van der Waals surface area contributed by atoms with Gasteiger partial charge in [0.25, 0.3) is 0 Å². The molecule has 5 unspecified atom stereocenters. The molecule has 3 fully saturated rings. The molecule has 2 heterocycles. The zero-order chi connectivity index (χ0) is 16.4. The molecule has 2 nitrogen and oxygen atoms in total. The van der Waals surface area contributed by atoms with Crippen LogP contribution in [-0.4, -0.2) is 24.3 Å². The van der Waals surface area contributed by atoms with Crippen LogP contribution in [0.1, 0.15) is 55.6 Å². The van der Waals surface area contributed by atoms with E-state index in [0.717, 1.165) is 11.8 Å². The lowest BCUT2D eigenvalue weighted by Crippen LogP contribution is -2.41. The second-order valence-corrected chi connectivity index (χ2v) is 8.91. The lowest BCUT2D eigenvalue weighted by molar-refractivity contribution is -0.0835. The van der Waals surface area contributed by atoms with Crippen LogP contribution < -0.4 is 5.32 Å². The molecule has 1 saturated carbocycles. The SMILES string of the molecule is c1ccc2c3c(ccc2c1)C1CCC2(CC1C3)CC1NCCCC1O2. The maximum absolute atomic E-state index is 6.73. The third kappa shape index (κ3) is 2.17. The van der Waals surface area contributed by atoms with Crippen molar-refractivity contribution in [2.24, 2.45) is 5.92 Å². The Morgan fingerprint density at radius 1 is 1.04 bits per heavy atom. The van der Waals surface area contributed by atoms with Gasteiger partial charge < -0.3 is 10.1 Å². The highest BCUT2D eigenvalue weighted by Crippen LogP contribution is 2.55. The van der Waals surface area contributed by atoms with Gasteiger partial charge in [0.05, 0.1) is 11.7 Å². The number of fused-ring (bicyclic) bond motifs is 6. The molecule has 1 spiro atoms. The van der Waals surface area contributed by atoms with Crippen LogP contribution in [0, 0.1) is 5.92 Å². The van der Waals surface area contributed by atoms with Crippen molar-refractivity contribution < 1.29 is 4.74 Å². The minimum atomic E-state index is 0.172. The van der Waals surface area contributed by atoms with Crippen LogP contribution in [0.25, 0.3) is 10.8 Å². The Morgan fingerprint density at radius 3 is 2.96 bits per heavy atom. The summed E-state index contributed by atoms with van der Waals surface area (Å²) < 4.78 is 6.73. The Bertz CT molecular complexity index is 814. The first-order valence-electron chi connectivity index (χ1n) is 10.2. The van der Waals surface area contributed by atoms with Gasteiger partial charge >= 0.3 is 0 Å². The predicted octanol–water partition coefficient (Wildman–Crippen LogP) is 4.56. The van der Waals surface area contributed by atoms with Crippen molar-refractivity contribution in [2.75, 3.05) is 6.54 Å². The molecule has 130 valence electrons. The van der Waals surface area contributed by atoms with Crippen LogP contribution in [0.4, 0.5) is 0 Å². The average Bonchev–Trinajstić information content (AvgIpc) is 3.18. The highest BCUT2D eigenvalue weighted by Gasteiger charge is 2.52. The van der Waals surface area contributed by atoms with Gasteiger partial charge in [0.1, 0.15) is 0 Å². The van der Waals surface area contributed by atoms with E-state index in [1.165, 1.54) is 62.3 Å². The molecular weight excluding hydrogens is 306 g/mol. The van der Waals surface area contributed by atoms with Gasteiger partial charge in [-0.15, -0.1) is 0 Å². The molecule has 0 aromatic heterocycles. The summed E-state index contributed by atoms with van der Waals surface area (Å²) in [4.78, 5) is 0. The Morgan fingerprint density at radius 2 is 2.00 bits per heavy atom. The van der Waals surface area contributed by atoms with Crippen molar-refractivity contribution >= 4 is 10.8 Å². The molecule has 2 aliphatic heterocycles. The summed E-state index contributed by atoms with van der Waals surface area (Å²) >= 11 is 0. The molecule has 1 N–H and O–H groups in total. The minimum absolute atomic E-state index is 0.172. The fourth-order valence-electron chi connectivity index (χ4n) is 6.52. The smallest absolute Gasteiger partial charge is 0.0737 e. The number of nitrogens with one attached hydrogen (secondary N) is 1. The quantitative estimate of drug-likeness (QED) is 0.763. The topological polar surface area (TPSA) is 21.3 Å². The van der Waals surface area contributed by atoms with Gasteiger partial charge in [-0.2, -0.15) is 0 Å². The fourth-order valence-corrected chi connectivity index (χ4v) is 6.52. The van der Waals surface area contributed by atoms with Crippen molar-refractivity contribution in [2.45, 2.75) is 68.6 Å². The first-order chi connectivity index (χ1) is 12.3. The summed E-state index contributed by atoms with van der Waals surface area (Å²) in [5.74, 6) is 1.55. The van der Waals surface area contributed by atoms with Gasteiger partial charge in [0, 0.05) is 6.04 Å². The van der Waals surface area contributed by atoms with Crippen molar-refractivity contribution in [3.8, 4) is 0 Å². The fraction of sp³-hybridized carbons (Fsp3) is 0.565. The van der Waals surface area contributed by atoms with Gasteiger partial charge in [-0.25, -0.2) is 0 Å². The van der Waals surface area contributed by atoms with E-state index in [-0.39, 0.29) is 5.60 Å². The van der Waals surface area contributed by atoms with Gasteiger partial charge in [-0.1, -0.05) is 36.4 Å². The van der Waals surface area contributed by atoms with E-state index in [1.807, 2.05) is 0 Å². The van der Waals surface area contributed by atoms with Crippen molar-refractivity contribution in [1.29, 1.82) is 0 Å². The van der Waals surface area contributed by atoms with Crippen molar-refractivity contribution in [3.63, 3.8) is 0 Å². The number of piperidine rings is 1. The van der Waals surface area contributed by atoms with Gasteiger partial charge in [0.15, 0.2) is 0 Å². The molecule has 0 bridgehead atoms. The van der Waals surface area contributed by atoms with Crippen LogP contribution >= 0.6 is 0 Å². The molecular formula is C23H27NO. The lowest BCUT2D eigenvalue weighted by Gasteiger charge is -2.40. The molecule has 2 saturated heterocycles. The van der Waals surface area contributed by atoms with Gasteiger partial charge in [-0.3, -0.25) is 0 Å². The number of rotatable bonds is 0. The first kappa shape index (κ1) is 14.8. The molecule has 2 aliphatic carbocycles. The summed E-state index contributed by atoms with van der Waals surface area (Å²) in [5.41, 5.74) is 3.46. The first-order valence-corrected chi connectivity index (χ1v) is 10.2. The largest absolute Gasteiger partial charge is 0.370 e. The Labute approximate surface area is 149 Å². The highest BCUT2D eigenvalue weighted by molar-refractivity contribution is 5.87. The predicted molar refractivity (Wildman–Crippen MR) is 101 cm³/mol. The van der Waals surface area contributed by atoms with E-state index in [0.29, 0.717) is 12.1 Å². The molecule has 6 rings (SSSR count). The molecule has 2 heteroatoms. The van der Waals surface area contributed by atoms with Gasteiger partial charge in [0.2, 0.25) is 0 Å². The van der Waals surface area contributed by atoms with Crippen LogP contribution in [0.2, 0.25) is 0 Å². The number of hydrogen-bond donors (Lipinski definition) is 1. The lowest BCUT2D eigenvalue weighted by atomic mass is 9.70. The van der Waals surface area contributed by atoms with E-state index in [9.17, 15) is 0 Å². The van der Waals surface area contributed by atoms with E-state index < -0.39 is 0 Å². The van der Waals surface area contributed by atoms with Crippen LogP contribution in [0.3, 0.4) is 0 Å². The van der Waals surface area contributed by atoms with Gasteiger partial charge in [-0.05, 0) is 85.2 Å².